The summed E-state index contributed by atoms with van der Waals surface area (Å²) in [6, 6.07) is 4.72. The average Bonchev–Trinajstić information content (AvgIpc) is 3.03. The normalized spacial score (nSPS) is 15.7. The van der Waals surface area contributed by atoms with E-state index in [2.05, 4.69) is 41.2 Å². The zero-order valence-electron chi connectivity index (χ0n) is 13.7. The van der Waals surface area contributed by atoms with Crippen molar-refractivity contribution in [1.29, 1.82) is 0 Å². The molecule has 0 aliphatic heterocycles. The molecule has 16 heteroatoms. The number of benzene rings is 1. The molecule has 9 nitrogen and oxygen atoms in total. The van der Waals surface area contributed by atoms with Crippen LogP contribution in [0.4, 0.5) is 15.9 Å². The monoisotopic (exact) mass is 561 g/mol. The summed E-state index contributed by atoms with van der Waals surface area (Å²) < 4.78 is 8.51. The molecule has 29 heavy (non-hydrogen) atoms. The lowest BCUT2D eigenvalue weighted by atomic mass is 10.3. The number of H-pyrrole nitrogens is 1. The second kappa shape index (κ2) is 8.57. The van der Waals surface area contributed by atoms with Crippen molar-refractivity contribution >= 4 is 97.1 Å². The third-order valence-corrected chi connectivity index (χ3v) is 6.32. The predicted octanol–water partition coefficient (Wildman–Crippen LogP) is 5.34. The van der Waals surface area contributed by atoms with E-state index in [4.69, 9.17) is 40.5 Å². The van der Waals surface area contributed by atoms with E-state index in [1.807, 2.05) is 0 Å². The Morgan fingerprint density at radius 2 is 2.10 bits per heavy atom. The van der Waals surface area contributed by atoms with E-state index in [1.54, 1.807) is 12.1 Å². The number of aromatic amines is 1. The highest BCUT2D eigenvalue weighted by Gasteiger charge is 2.48. The molecular formula is C13H8BrCl3FN7O2S2. The van der Waals surface area contributed by atoms with Crippen molar-refractivity contribution in [3.8, 4) is 0 Å². The Morgan fingerprint density at radius 1 is 1.38 bits per heavy atom. The van der Waals surface area contributed by atoms with Crippen LogP contribution in [0, 0.1) is 10.1 Å². The summed E-state index contributed by atoms with van der Waals surface area (Å²) in [7, 11) is 0. The number of aromatic nitrogens is 4. The SMILES string of the molecule is NC(S[N+](=O)[O-])(SC(F)(Cl)Br)c1nc(Nc2ccc(Cl)cc2Cl)c2[nH]cnc2n1. The largest absolute Gasteiger partial charge is 0.340 e. The Labute approximate surface area is 194 Å². The van der Waals surface area contributed by atoms with Gasteiger partial charge in [0.25, 0.3) is 15.3 Å². The highest BCUT2D eigenvalue weighted by molar-refractivity contribution is 9.12. The highest BCUT2D eigenvalue weighted by Crippen LogP contribution is 2.52. The van der Waals surface area contributed by atoms with Crippen LogP contribution >= 0.6 is 74.4 Å². The third-order valence-electron chi connectivity index (χ3n) is 3.26. The van der Waals surface area contributed by atoms with Gasteiger partial charge in [-0.3, -0.25) is 15.8 Å². The molecule has 0 radical (unpaired) electrons. The van der Waals surface area contributed by atoms with E-state index in [1.165, 1.54) is 12.4 Å². The Kier molecular flexibility index (Phi) is 6.68. The number of rotatable bonds is 7. The molecule has 0 aliphatic carbocycles. The quantitative estimate of drug-likeness (QED) is 0.114. The van der Waals surface area contributed by atoms with Gasteiger partial charge in [-0.25, -0.2) is 19.3 Å². The van der Waals surface area contributed by atoms with Crippen LogP contribution in [0.15, 0.2) is 24.5 Å². The van der Waals surface area contributed by atoms with Crippen molar-refractivity contribution < 1.29 is 8.72 Å². The first kappa shape index (κ1) is 22.6. The van der Waals surface area contributed by atoms with E-state index < -0.39 is 11.9 Å². The van der Waals surface area contributed by atoms with Gasteiger partial charge in [0, 0.05) is 5.02 Å². The van der Waals surface area contributed by atoms with Crippen molar-refractivity contribution in [2.45, 2.75) is 7.57 Å². The van der Waals surface area contributed by atoms with Gasteiger partial charge in [-0.2, -0.15) is 0 Å². The van der Waals surface area contributed by atoms with Crippen LogP contribution in [0.1, 0.15) is 5.82 Å². The Hall–Kier alpha value is -1.09. The van der Waals surface area contributed by atoms with Crippen LogP contribution in [-0.4, -0.2) is 27.6 Å². The topological polar surface area (TPSA) is 136 Å². The average molecular weight is 564 g/mol. The fourth-order valence-electron chi connectivity index (χ4n) is 2.19. The van der Waals surface area contributed by atoms with Gasteiger partial charge in [0.2, 0.25) is 4.20 Å². The van der Waals surface area contributed by atoms with Crippen LogP contribution in [0.3, 0.4) is 0 Å². The van der Waals surface area contributed by atoms with Crippen LogP contribution in [0.25, 0.3) is 11.2 Å². The molecule has 0 fully saturated rings. The number of hydrogen-bond acceptors (Lipinski definition) is 9. The number of nitro groups is 1. The van der Waals surface area contributed by atoms with Gasteiger partial charge in [0.1, 0.15) is 9.85 Å². The van der Waals surface area contributed by atoms with Gasteiger partial charge in [0.05, 0.1) is 17.0 Å². The molecule has 0 amide bonds. The van der Waals surface area contributed by atoms with Gasteiger partial charge in [0.15, 0.2) is 17.3 Å². The first-order valence-corrected chi connectivity index (χ1v) is 10.8. The van der Waals surface area contributed by atoms with Crippen molar-refractivity contribution in [1.82, 2.24) is 19.9 Å². The highest BCUT2D eigenvalue weighted by atomic mass is 79.9. The summed E-state index contributed by atoms with van der Waals surface area (Å²) in [5.74, 6) is -0.141. The maximum atomic E-state index is 14.0. The van der Waals surface area contributed by atoms with E-state index >= 15 is 0 Å². The van der Waals surface area contributed by atoms with E-state index in [0.717, 1.165) is 0 Å². The number of imidazole rings is 1. The molecule has 1 aromatic carbocycles. The van der Waals surface area contributed by atoms with Crippen molar-refractivity contribution in [3.63, 3.8) is 0 Å². The number of nitrogens with one attached hydrogen (secondary N) is 2. The fourth-order valence-corrected chi connectivity index (χ4v) is 5.83. The number of fused-ring (bicyclic) bond motifs is 1. The summed E-state index contributed by atoms with van der Waals surface area (Å²) in [5, 5.41) is 14.8. The molecule has 3 aromatic rings. The Bertz CT molecular complexity index is 1090. The second-order valence-corrected chi connectivity index (χ2v) is 11.7. The lowest BCUT2D eigenvalue weighted by Crippen LogP contribution is -2.35. The summed E-state index contributed by atoms with van der Waals surface area (Å²) in [5.41, 5.74) is 7.01. The minimum absolute atomic E-state index is 0.0127. The number of hydrogen-bond donors (Lipinski definition) is 3. The molecule has 0 spiro atoms. The Morgan fingerprint density at radius 3 is 2.72 bits per heavy atom. The molecule has 154 valence electrons. The van der Waals surface area contributed by atoms with E-state index in [-0.39, 0.29) is 41.0 Å². The molecule has 2 atom stereocenters. The van der Waals surface area contributed by atoms with E-state index in [9.17, 15) is 14.5 Å². The first-order chi connectivity index (χ1) is 13.5. The minimum Gasteiger partial charge on any atom is -0.340 e. The van der Waals surface area contributed by atoms with Crippen LogP contribution in [0.5, 0.6) is 0 Å². The first-order valence-electron chi connectivity index (χ1n) is 7.30. The van der Waals surface area contributed by atoms with Crippen molar-refractivity contribution in [2.24, 2.45) is 5.73 Å². The molecule has 0 bridgehead atoms. The van der Waals surface area contributed by atoms with Gasteiger partial charge < -0.3 is 10.3 Å². The summed E-state index contributed by atoms with van der Waals surface area (Å²) >= 11 is 20.3. The molecule has 2 aromatic heterocycles. The maximum absolute atomic E-state index is 14.0. The molecule has 3 rings (SSSR count). The molecule has 0 saturated carbocycles. The number of nitrogens with zero attached hydrogens (tertiary/aromatic N) is 4. The third kappa shape index (κ3) is 5.54. The van der Waals surface area contributed by atoms with Gasteiger partial charge in [-0.1, -0.05) is 34.8 Å². The number of halogens is 5. The molecule has 4 N–H and O–H groups in total. The summed E-state index contributed by atoms with van der Waals surface area (Å²) in [6.45, 7) is 0. The molecule has 0 saturated heterocycles. The second-order valence-electron chi connectivity index (χ2n) is 5.28. The fraction of sp³-hybridized carbons (Fsp3) is 0.154. The van der Waals surface area contributed by atoms with Crippen LogP contribution in [-0.2, 0) is 4.20 Å². The zero-order valence-corrected chi connectivity index (χ0v) is 19.2. The smallest absolute Gasteiger partial charge is 0.287 e. The molecule has 2 unspecified atom stereocenters. The Balaban J connectivity index is 2.12. The summed E-state index contributed by atoms with van der Waals surface area (Å²) in [6.07, 6.45) is 1.34. The van der Waals surface area contributed by atoms with Crippen LogP contribution < -0.4 is 11.1 Å². The van der Waals surface area contributed by atoms with Crippen molar-refractivity contribution in [3.05, 3.63) is 50.5 Å². The lowest BCUT2D eigenvalue weighted by Gasteiger charge is -2.24. The van der Waals surface area contributed by atoms with Crippen molar-refractivity contribution in [2.75, 3.05) is 5.32 Å². The molecular weight excluding hydrogens is 556 g/mol. The molecule has 2 heterocycles. The number of nitrogens with two attached hydrogens (primary N) is 1. The number of thioether (sulfide) groups is 1. The van der Waals surface area contributed by atoms with E-state index in [0.29, 0.717) is 21.2 Å². The van der Waals surface area contributed by atoms with Crippen LogP contribution in [0.2, 0.25) is 10.0 Å². The number of alkyl halides is 3. The standard InChI is InChI=1S/C13H8BrCl3FN7O2S2/c14-13(17,18)28-12(19,29-25(26)27)11-23-9-8(20-4-21-9)10(24-11)22-7-2-1-5(15)3-6(7)16/h1-4H,19H2,(H2,20,21,22,23,24). The maximum Gasteiger partial charge on any atom is 0.287 e. The van der Waals surface area contributed by atoms with Gasteiger partial charge in [-0.05, 0) is 45.9 Å². The molecule has 0 aliphatic rings. The summed E-state index contributed by atoms with van der Waals surface area (Å²) in [4.78, 5) is 26.3. The lowest BCUT2D eigenvalue weighted by molar-refractivity contribution is -0.285. The number of anilines is 2. The predicted molar refractivity (Wildman–Crippen MR) is 118 cm³/mol. The zero-order chi connectivity index (χ0) is 21.4. The van der Waals surface area contributed by atoms with Gasteiger partial charge >= 0.3 is 0 Å². The minimum atomic E-state index is -2.61. The van der Waals surface area contributed by atoms with Gasteiger partial charge in [-0.15, -0.1) is 0 Å².